The predicted octanol–water partition coefficient (Wildman–Crippen LogP) is 2.37. The normalized spacial score (nSPS) is 16.2. The van der Waals surface area contributed by atoms with E-state index < -0.39 is 0 Å². The third kappa shape index (κ3) is 4.51. The Labute approximate surface area is 101 Å². The largest absolute Gasteiger partial charge is 0.327 e. The lowest BCUT2D eigenvalue weighted by Gasteiger charge is -2.44. The summed E-state index contributed by atoms with van der Waals surface area (Å²) >= 11 is 0. The van der Waals surface area contributed by atoms with Crippen molar-refractivity contribution in [3.8, 4) is 6.07 Å². The third-order valence-electron chi connectivity index (χ3n) is 2.89. The van der Waals surface area contributed by atoms with Gasteiger partial charge in [0.15, 0.2) is 0 Å². The first kappa shape index (κ1) is 15.4. The van der Waals surface area contributed by atoms with Crippen LogP contribution in [0.2, 0.25) is 0 Å². The predicted molar refractivity (Wildman–Crippen MR) is 69.0 cm³/mol. The van der Waals surface area contributed by atoms with E-state index in [9.17, 15) is 0 Å². The Kier molecular flexibility index (Phi) is 5.99. The number of hydrogen-bond donors (Lipinski definition) is 1. The average molecular weight is 225 g/mol. The molecule has 3 nitrogen and oxygen atoms in total. The molecule has 0 aliphatic carbocycles. The third-order valence-corrected chi connectivity index (χ3v) is 2.89. The first-order valence-electron chi connectivity index (χ1n) is 6.10. The highest BCUT2D eigenvalue weighted by Gasteiger charge is 2.34. The molecule has 16 heavy (non-hydrogen) atoms. The first-order valence-corrected chi connectivity index (χ1v) is 6.10. The lowest BCUT2D eigenvalue weighted by atomic mass is 9.81. The molecule has 0 aliphatic rings. The van der Waals surface area contributed by atoms with Crippen LogP contribution in [0.1, 0.15) is 48.0 Å². The highest BCUT2D eigenvalue weighted by atomic mass is 15.2. The molecule has 3 heteroatoms. The van der Waals surface area contributed by atoms with Gasteiger partial charge in [-0.1, -0.05) is 20.8 Å². The molecule has 0 bridgehead atoms. The van der Waals surface area contributed by atoms with Gasteiger partial charge in [-0.2, -0.15) is 5.26 Å². The van der Waals surface area contributed by atoms with Gasteiger partial charge in [0.1, 0.15) is 0 Å². The summed E-state index contributed by atoms with van der Waals surface area (Å²) in [7, 11) is 0. The van der Waals surface area contributed by atoms with Gasteiger partial charge in [-0.3, -0.25) is 4.90 Å². The molecule has 0 spiro atoms. The first-order chi connectivity index (χ1) is 7.21. The van der Waals surface area contributed by atoms with Gasteiger partial charge in [0.2, 0.25) is 0 Å². The van der Waals surface area contributed by atoms with E-state index in [2.05, 4.69) is 52.5 Å². The molecule has 0 saturated carbocycles. The maximum Gasteiger partial charge on any atom is 0.0635 e. The summed E-state index contributed by atoms with van der Waals surface area (Å²) in [5.74, 6) is 0. The molecule has 0 saturated heterocycles. The Bertz CT molecular complexity index is 233. The van der Waals surface area contributed by atoms with Gasteiger partial charge < -0.3 is 5.73 Å². The zero-order chi connectivity index (χ0) is 12.9. The van der Waals surface area contributed by atoms with E-state index in [1.807, 2.05) is 0 Å². The van der Waals surface area contributed by atoms with Gasteiger partial charge in [0, 0.05) is 31.1 Å². The van der Waals surface area contributed by atoms with E-state index in [4.69, 9.17) is 11.0 Å². The minimum atomic E-state index is 0.112. The number of hydrogen-bond acceptors (Lipinski definition) is 3. The Morgan fingerprint density at radius 2 is 1.75 bits per heavy atom. The SMILES string of the molecule is CC(N)C(N(CCC#N)C(C)C)C(C)(C)C. The molecule has 0 amide bonds. The fourth-order valence-corrected chi connectivity index (χ4v) is 2.49. The fourth-order valence-electron chi connectivity index (χ4n) is 2.49. The molecular weight excluding hydrogens is 198 g/mol. The van der Waals surface area contributed by atoms with Crippen LogP contribution in [0.3, 0.4) is 0 Å². The van der Waals surface area contributed by atoms with Crippen molar-refractivity contribution in [3.63, 3.8) is 0 Å². The molecule has 0 heterocycles. The molecule has 0 aliphatic heterocycles. The van der Waals surface area contributed by atoms with Crippen LogP contribution in [-0.2, 0) is 0 Å². The molecule has 0 aromatic carbocycles. The maximum absolute atomic E-state index is 8.71. The van der Waals surface area contributed by atoms with Crippen molar-refractivity contribution in [2.75, 3.05) is 6.54 Å². The standard InChI is InChI=1S/C13H27N3/c1-10(2)16(9-7-8-14)12(11(3)15)13(4,5)6/h10-12H,7,9,15H2,1-6H3. The fraction of sp³-hybridized carbons (Fsp3) is 0.923. The van der Waals surface area contributed by atoms with E-state index in [-0.39, 0.29) is 11.5 Å². The van der Waals surface area contributed by atoms with E-state index in [0.29, 0.717) is 18.5 Å². The van der Waals surface area contributed by atoms with E-state index >= 15 is 0 Å². The van der Waals surface area contributed by atoms with Gasteiger partial charge in [-0.05, 0) is 26.2 Å². The Balaban J connectivity index is 4.90. The van der Waals surface area contributed by atoms with Crippen LogP contribution < -0.4 is 5.73 Å². The molecule has 0 radical (unpaired) electrons. The summed E-state index contributed by atoms with van der Waals surface area (Å²) in [5.41, 5.74) is 6.24. The van der Waals surface area contributed by atoms with Crippen LogP contribution in [0.4, 0.5) is 0 Å². The lowest BCUT2D eigenvalue weighted by Crippen LogP contribution is -2.56. The lowest BCUT2D eigenvalue weighted by molar-refractivity contribution is 0.0575. The van der Waals surface area contributed by atoms with Crippen LogP contribution >= 0.6 is 0 Å². The smallest absolute Gasteiger partial charge is 0.0635 e. The molecule has 0 aromatic heterocycles. The van der Waals surface area contributed by atoms with Gasteiger partial charge >= 0.3 is 0 Å². The van der Waals surface area contributed by atoms with E-state index in [1.54, 1.807) is 0 Å². The summed E-state index contributed by atoms with van der Waals surface area (Å²) in [6.45, 7) is 13.8. The van der Waals surface area contributed by atoms with Crippen molar-refractivity contribution in [3.05, 3.63) is 0 Å². The number of nitrogens with two attached hydrogens (primary N) is 1. The maximum atomic E-state index is 8.71. The van der Waals surface area contributed by atoms with Crippen LogP contribution in [0.25, 0.3) is 0 Å². The molecule has 0 fully saturated rings. The van der Waals surface area contributed by atoms with Crippen molar-refractivity contribution < 1.29 is 0 Å². The molecule has 2 unspecified atom stereocenters. The zero-order valence-electron chi connectivity index (χ0n) is 11.6. The highest BCUT2D eigenvalue weighted by molar-refractivity contribution is 4.91. The van der Waals surface area contributed by atoms with Gasteiger partial charge in [0.05, 0.1) is 6.07 Å². The van der Waals surface area contributed by atoms with Crippen LogP contribution in [0.15, 0.2) is 0 Å². The molecule has 0 rings (SSSR count). The monoisotopic (exact) mass is 225 g/mol. The quantitative estimate of drug-likeness (QED) is 0.781. The molecule has 94 valence electrons. The second kappa shape index (κ2) is 6.22. The van der Waals surface area contributed by atoms with Gasteiger partial charge in [-0.15, -0.1) is 0 Å². The van der Waals surface area contributed by atoms with Crippen molar-refractivity contribution >= 4 is 0 Å². The summed E-state index contributed by atoms with van der Waals surface area (Å²) in [6.07, 6.45) is 0.567. The van der Waals surface area contributed by atoms with E-state index in [0.717, 1.165) is 6.54 Å². The number of nitrogens with zero attached hydrogens (tertiary/aromatic N) is 2. The topological polar surface area (TPSA) is 53.0 Å². The second-order valence-corrected chi connectivity index (χ2v) is 5.91. The van der Waals surface area contributed by atoms with Crippen molar-refractivity contribution in [1.29, 1.82) is 5.26 Å². The Morgan fingerprint density at radius 3 is 2.00 bits per heavy atom. The van der Waals surface area contributed by atoms with E-state index in [1.165, 1.54) is 0 Å². The summed E-state index contributed by atoms with van der Waals surface area (Å²) < 4.78 is 0. The van der Waals surface area contributed by atoms with Gasteiger partial charge in [-0.25, -0.2) is 0 Å². The number of nitriles is 1. The summed E-state index contributed by atoms with van der Waals surface area (Å²) in [6, 6.07) is 3.05. The second-order valence-electron chi connectivity index (χ2n) is 5.91. The molecular formula is C13H27N3. The number of rotatable bonds is 5. The van der Waals surface area contributed by atoms with Crippen LogP contribution in [-0.4, -0.2) is 29.6 Å². The van der Waals surface area contributed by atoms with Crippen LogP contribution in [0, 0.1) is 16.7 Å². The molecule has 0 aromatic rings. The minimum absolute atomic E-state index is 0.112. The Morgan fingerprint density at radius 1 is 1.25 bits per heavy atom. The van der Waals surface area contributed by atoms with Crippen LogP contribution in [0.5, 0.6) is 0 Å². The zero-order valence-corrected chi connectivity index (χ0v) is 11.6. The molecule has 2 N–H and O–H groups in total. The molecule has 2 atom stereocenters. The summed E-state index contributed by atoms with van der Waals surface area (Å²) in [4.78, 5) is 2.36. The minimum Gasteiger partial charge on any atom is -0.327 e. The summed E-state index contributed by atoms with van der Waals surface area (Å²) in [5, 5.41) is 8.71. The Hall–Kier alpha value is -0.590. The van der Waals surface area contributed by atoms with Crippen molar-refractivity contribution in [2.24, 2.45) is 11.1 Å². The van der Waals surface area contributed by atoms with Crippen molar-refractivity contribution in [2.45, 2.75) is 66.1 Å². The van der Waals surface area contributed by atoms with Crippen molar-refractivity contribution in [1.82, 2.24) is 4.90 Å². The van der Waals surface area contributed by atoms with Gasteiger partial charge in [0.25, 0.3) is 0 Å². The highest BCUT2D eigenvalue weighted by Crippen LogP contribution is 2.28. The average Bonchev–Trinajstić information content (AvgIpc) is 2.08.